The number of aromatic amines is 2. The molecule has 3 aromatic rings. The maximum absolute atomic E-state index is 12.6. The molecule has 1 amide bonds. The lowest BCUT2D eigenvalue weighted by Gasteiger charge is -2.34. The third-order valence-corrected chi connectivity index (χ3v) is 6.78. The number of benzene rings is 1. The van der Waals surface area contributed by atoms with Crippen molar-refractivity contribution < 1.29 is 9.53 Å². The lowest BCUT2D eigenvalue weighted by Crippen LogP contribution is -2.48. The molecule has 1 aliphatic rings. The second-order valence-corrected chi connectivity index (χ2v) is 8.90. The zero-order valence-corrected chi connectivity index (χ0v) is 19.5. The number of nitrogens with zero attached hydrogens (tertiary/aromatic N) is 3. The van der Waals surface area contributed by atoms with Crippen LogP contribution in [0.1, 0.15) is 23.4 Å². The molecule has 1 aliphatic heterocycles. The fraction of sp³-hybridized carbons (Fsp3) is 0.391. The zero-order chi connectivity index (χ0) is 23.4. The van der Waals surface area contributed by atoms with E-state index in [1.54, 1.807) is 25.4 Å². The molecular formula is C23H27N5O4S. The zero-order valence-electron chi connectivity index (χ0n) is 18.7. The first-order valence-electron chi connectivity index (χ1n) is 10.8. The first-order chi connectivity index (χ1) is 15.9. The highest BCUT2D eigenvalue weighted by Crippen LogP contribution is 2.26. The summed E-state index contributed by atoms with van der Waals surface area (Å²) in [6, 6.07) is 7.88. The molecule has 0 aliphatic carbocycles. The number of piperazine rings is 1. The summed E-state index contributed by atoms with van der Waals surface area (Å²) in [5, 5.41) is 3.07. The number of methoxy groups -OCH3 is 1. The number of hydrogen-bond acceptors (Lipinski definition) is 7. The van der Waals surface area contributed by atoms with Gasteiger partial charge in [-0.1, -0.05) is 0 Å². The first kappa shape index (κ1) is 22.9. The van der Waals surface area contributed by atoms with Crippen LogP contribution in [-0.2, 0) is 17.8 Å². The number of hydrogen-bond donors (Lipinski definition) is 2. The molecule has 33 heavy (non-hydrogen) atoms. The van der Waals surface area contributed by atoms with Crippen LogP contribution >= 0.6 is 11.3 Å². The molecule has 0 saturated carbocycles. The highest BCUT2D eigenvalue weighted by atomic mass is 32.1. The Balaban J connectivity index is 1.27. The van der Waals surface area contributed by atoms with Crippen LogP contribution in [0.3, 0.4) is 0 Å². The number of aromatic nitrogens is 3. The highest BCUT2D eigenvalue weighted by Gasteiger charge is 2.22. The first-order valence-corrected chi connectivity index (χ1v) is 11.7. The number of thiazole rings is 1. The van der Waals surface area contributed by atoms with Crippen molar-refractivity contribution in [1.82, 2.24) is 24.8 Å². The molecule has 0 radical (unpaired) electrons. The Labute approximate surface area is 195 Å². The smallest absolute Gasteiger partial charge is 0.325 e. The van der Waals surface area contributed by atoms with Gasteiger partial charge in [-0.2, -0.15) is 0 Å². The van der Waals surface area contributed by atoms with Crippen molar-refractivity contribution in [3.05, 3.63) is 67.4 Å². The number of ether oxygens (including phenoxy) is 1. The average Bonchev–Trinajstić information content (AvgIpc) is 3.27. The van der Waals surface area contributed by atoms with Crippen molar-refractivity contribution in [3.63, 3.8) is 0 Å². The van der Waals surface area contributed by atoms with Crippen LogP contribution in [0.4, 0.5) is 0 Å². The van der Waals surface area contributed by atoms with E-state index in [4.69, 9.17) is 9.72 Å². The molecule has 1 aromatic carbocycles. The Morgan fingerprint density at radius 3 is 2.52 bits per heavy atom. The van der Waals surface area contributed by atoms with E-state index in [0.29, 0.717) is 30.8 Å². The fourth-order valence-corrected chi connectivity index (χ4v) is 4.76. The van der Waals surface area contributed by atoms with Gasteiger partial charge in [0.1, 0.15) is 10.8 Å². The number of amides is 1. The quantitative estimate of drug-likeness (QED) is 0.546. The van der Waals surface area contributed by atoms with Crippen molar-refractivity contribution in [2.24, 2.45) is 0 Å². The van der Waals surface area contributed by atoms with E-state index in [0.717, 1.165) is 41.6 Å². The van der Waals surface area contributed by atoms with E-state index in [1.807, 2.05) is 29.2 Å². The molecule has 3 heterocycles. The summed E-state index contributed by atoms with van der Waals surface area (Å²) >= 11 is 1.62. The van der Waals surface area contributed by atoms with Gasteiger partial charge in [-0.05, 0) is 37.6 Å². The topological polar surface area (TPSA) is 111 Å². The van der Waals surface area contributed by atoms with Crippen LogP contribution in [0.2, 0.25) is 0 Å². The molecule has 2 N–H and O–H groups in total. The predicted molar refractivity (Wildman–Crippen MR) is 127 cm³/mol. The molecule has 0 unspecified atom stereocenters. The molecule has 0 atom stereocenters. The van der Waals surface area contributed by atoms with E-state index in [1.165, 1.54) is 0 Å². The number of carbonyl (C=O) groups excluding carboxylic acids is 1. The van der Waals surface area contributed by atoms with Crippen LogP contribution in [0.15, 0.2) is 39.2 Å². The van der Waals surface area contributed by atoms with Crippen LogP contribution in [0.5, 0.6) is 5.75 Å². The van der Waals surface area contributed by atoms with Crippen molar-refractivity contribution in [2.45, 2.75) is 26.3 Å². The van der Waals surface area contributed by atoms with E-state index in [2.05, 4.69) is 20.2 Å². The summed E-state index contributed by atoms with van der Waals surface area (Å²) in [6.07, 6.45) is 0.553. The summed E-state index contributed by atoms with van der Waals surface area (Å²) in [5.41, 5.74) is 2.11. The maximum Gasteiger partial charge on any atom is 0.325 e. The van der Waals surface area contributed by atoms with E-state index in [9.17, 15) is 14.4 Å². The summed E-state index contributed by atoms with van der Waals surface area (Å²) in [5.74, 6) is 0.846. The minimum atomic E-state index is -0.528. The SMILES string of the molecule is COc1ccc(-c2nc(CN3CCN(C(=O)CCc4c(C)[nH]c(=O)[nH]c4=O)CC3)cs2)cc1. The third-order valence-electron chi connectivity index (χ3n) is 5.84. The van der Waals surface area contributed by atoms with Crippen molar-refractivity contribution >= 4 is 17.2 Å². The molecule has 9 nitrogen and oxygen atoms in total. The summed E-state index contributed by atoms with van der Waals surface area (Å²) in [7, 11) is 1.65. The van der Waals surface area contributed by atoms with E-state index in [-0.39, 0.29) is 12.3 Å². The second-order valence-electron chi connectivity index (χ2n) is 8.04. The van der Waals surface area contributed by atoms with Crippen LogP contribution in [0, 0.1) is 6.92 Å². The molecule has 1 fully saturated rings. The van der Waals surface area contributed by atoms with Crippen LogP contribution in [0.25, 0.3) is 10.6 Å². The Morgan fingerprint density at radius 1 is 1.12 bits per heavy atom. The summed E-state index contributed by atoms with van der Waals surface area (Å²) in [4.78, 5) is 49.6. The largest absolute Gasteiger partial charge is 0.497 e. The number of rotatable bonds is 7. The Bertz CT molecular complexity index is 1220. The molecule has 0 spiro atoms. The normalized spacial score (nSPS) is 14.4. The number of carbonyl (C=O) groups is 1. The number of aryl methyl sites for hydroxylation is 1. The Hall–Kier alpha value is -3.24. The maximum atomic E-state index is 12.6. The Kier molecular flexibility index (Phi) is 7.05. The van der Waals surface area contributed by atoms with Gasteiger partial charge in [0.25, 0.3) is 5.56 Å². The molecule has 174 valence electrons. The van der Waals surface area contributed by atoms with Gasteiger partial charge in [-0.15, -0.1) is 11.3 Å². The Morgan fingerprint density at radius 2 is 1.85 bits per heavy atom. The number of H-pyrrole nitrogens is 2. The van der Waals surface area contributed by atoms with Crippen molar-refractivity contribution in [2.75, 3.05) is 33.3 Å². The highest BCUT2D eigenvalue weighted by molar-refractivity contribution is 7.13. The number of nitrogens with one attached hydrogen (secondary N) is 2. The van der Waals surface area contributed by atoms with Crippen molar-refractivity contribution in [1.29, 1.82) is 0 Å². The van der Waals surface area contributed by atoms with Gasteiger partial charge in [0.05, 0.1) is 12.8 Å². The fourth-order valence-electron chi connectivity index (χ4n) is 3.95. The molecular weight excluding hydrogens is 442 g/mol. The van der Waals surface area contributed by atoms with E-state index >= 15 is 0 Å². The lowest BCUT2D eigenvalue weighted by molar-refractivity contribution is -0.133. The van der Waals surface area contributed by atoms with Crippen LogP contribution < -0.4 is 16.0 Å². The summed E-state index contributed by atoms with van der Waals surface area (Å²) < 4.78 is 5.21. The molecule has 0 bridgehead atoms. The second kappa shape index (κ2) is 10.1. The minimum Gasteiger partial charge on any atom is -0.497 e. The molecule has 4 rings (SSSR count). The van der Waals surface area contributed by atoms with Gasteiger partial charge >= 0.3 is 5.69 Å². The standard InChI is InChI=1S/C23H27N5O4S/c1-15-19(21(30)26-23(31)24-15)7-8-20(29)28-11-9-27(10-12-28)13-17-14-33-22(25-17)16-3-5-18(32-2)6-4-16/h3-6,14H,7-13H2,1-2H3,(H2,24,26,30,31). The predicted octanol–water partition coefficient (Wildman–Crippen LogP) is 1.78. The van der Waals surface area contributed by atoms with Gasteiger partial charge in [0.15, 0.2) is 0 Å². The van der Waals surface area contributed by atoms with Gasteiger partial charge in [0, 0.05) is 61.3 Å². The van der Waals surface area contributed by atoms with Crippen molar-refractivity contribution in [3.8, 4) is 16.3 Å². The minimum absolute atomic E-state index is 0.0232. The molecule has 10 heteroatoms. The monoisotopic (exact) mass is 469 g/mol. The van der Waals surface area contributed by atoms with Gasteiger partial charge in [0.2, 0.25) is 5.91 Å². The third kappa shape index (κ3) is 5.58. The molecule has 1 saturated heterocycles. The van der Waals surface area contributed by atoms with Gasteiger partial charge < -0.3 is 14.6 Å². The molecule has 2 aromatic heterocycles. The average molecular weight is 470 g/mol. The van der Waals surface area contributed by atoms with Crippen LogP contribution in [-0.4, -0.2) is 63.9 Å². The lowest BCUT2D eigenvalue weighted by atomic mass is 10.1. The van der Waals surface area contributed by atoms with E-state index < -0.39 is 11.2 Å². The summed E-state index contributed by atoms with van der Waals surface area (Å²) in [6.45, 7) is 5.28. The van der Waals surface area contributed by atoms with Gasteiger partial charge in [-0.3, -0.25) is 19.5 Å². The van der Waals surface area contributed by atoms with Gasteiger partial charge in [-0.25, -0.2) is 9.78 Å².